The van der Waals surface area contributed by atoms with E-state index >= 15 is 0 Å². The molecule has 2 aromatic carbocycles. The minimum absolute atomic E-state index is 0.0551. The Morgan fingerprint density at radius 2 is 1.77 bits per heavy atom. The molecule has 0 aliphatic carbocycles. The molecule has 0 radical (unpaired) electrons. The normalized spacial score (nSPS) is 11.0. The molecule has 6 nitrogen and oxygen atoms in total. The fraction of sp³-hybridized carbons (Fsp3) is 0.440. The molecule has 0 fully saturated rings. The van der Waals surface area contributed by atoms with Crippen LogP contribution in [0.2, 0.25) is 0 Å². The van der Waals surface area contributed by atoms with Crippen LogP contribution in [-0.4, -0.2) is 42.3 Å². The molecular weight excluding hydrogens is 390 g/mol. The van der Waals surface area contributed by atoms with E-state index in [-0.39, 0.29) is 12.5 Å². The number of unbranched alkanes of at least 4 members (excludes halogenated alkanes) is 3. The van der Waals surface area contributed by atoms with E-state index in [1.165, 1.54) is 12.6 Å². The summed E-state index contributed by atoms with van der Waals surface area (Å²) >= 11 is 0. The molecule has 0 atom stereocenters. The Bertz CT molecular complexity index is 924. The van der Waals surface area contributed by atoms with Crippen LogP contribution in [0.15, 0.2) is 54.6 Å². The van der Waals surface area contributed by atoms with Crippen LogP contribution in [0.1, 0.15) is 37.9 Å². The molecule has 3 aromatic rings. The number of carbonyl (C=O) groups excluding carboxylic acids is 1. The number of benzene rings is 2. The molecule has 0 saturated heterocycles. The van der Waals surface area contributed by atoms with Crippen LogP contribution in [0.25, 0.3) is 11.0 Å². The summed E-state index contributed by atoms with van der Waals surface area (Å²) in [6, 6.07) is 18.3. The molecule has 1 amide bonds. The molecule has 0 spiro atoms. The van der Waals surface area contributed by atoms with E-state index < -0.39 is 0 Å². The third-order valence-electron chi connectivity index (χ3n) is 5.20. The maximum atomic E-state index is 11.4. The Kier molecular flexibility index (Phi) is 9.38. The standard InChI is InChI=1S/C25H33N3O3/c1-30-20-25(29)26-17-9-3-6-16-24-27-22-14-7-8-15-23(22)28(24)18-10-11-19-31-21-12-4-2-5-13-21/h2,4-5,7-8,12-15H,3,6,9-11,16-20H2,1H3,(H,26,29). The summed E-state index contributed by atoms with van der Waals surface area (Å²) in [5, 5.41) is 2.87. The van der Waals surface area contributed by atoms with Gasteiger partial charge in [-0.25, -0.2) is 4.98 Å². The number of amides is 1. The number of hydrogen-bond donors (Lipinski definition) is 1. The Morgan fingerprint density at radius 3 is 2.61 bits per heavy atom. The van der Waals surface area contributed by atoms with Crippen LogP contribution in [0.4, 0.5) is 0 Å². The van der Waals surface area contributed by atoms with Crippen LogP contribution in [0, 0.1) is 0 Å². The van der Waals surface area contributed by atoms with Crippen molar-refractivity contribution in [2.45, 2.75) is 45.1 Å². The lowest BCUT2D eigenvalue weighted by molar-refractivity contribution is -0.124. The molecule has 1 aromatic heterocycles. The number of hydrogen-bond acceptors (Lipinski definition) is 4. The number of para-hydroxylation sites is 3. The van der Waals surface area contributed by atoms with Crippen molar-refractivity contribution in [1.82, 2.24) is 14.9 Å². The van der Waals surface area contributed by atoms with Crippen LogP contribution >= 0.6 is 0 Å². The zero-order valence-electron chi connectivity index (χ0n) is 18.4. The molecule has 0 aliphatic heterocycles. The molecule has 3 rings (SSSR count). The SMILES string of the molecule is COCC(=O)NCCCCCc1nc2ccccc2n1CCCCOc1ccccc1. The second kappa shape index (κ2) is 12.7. The lowest BCUT2D eigenvalue weighted by Gasteiger charge is -2.10. The summed E-state index contributed by atoms with van der Waals surface area (Å²) in [6.07, 6.45) is 6.07. The van der Waals surface area contributed by atoms with Crippen molar-refractivity contribution in [1.29, 1.82) is 0 Å². The lowest BCUT2D eigenvalue weighted by Crippen LogP contribution is -2.27. The highest BCUT2D eigenvalue weighted by Gasteiger charge is 2.10. The minimum atomic E-state index is -0.0551. The first-order valence-corrected chi connectivity index (χ1v) is 11.2. The van der Waals surface area contributed by atoms with Gasteiger partial charge in [0.1, 0.15) is 18.2 Å². The van der Waals surface area contributed by atoms with Gasteiger partial charge in [-0.15, -0.1) is 0 Å². The molecule has 1 N–H and O–H groups in total. The van der Waals surface area contributed by atoms with Gasteiger partial charge in [0.2, 0.25) is 5.91 Å². The lowest BCUT2D eigenvalue weighted by atomic mass is 10.2. The Labute approximate surface area is 184 Å². The number of ether oxygens (including phenoxy) is 2. The van der Waals surface area contributed by atoms with E-state index in [2.05, 4.69) is 28.1 Å². The van der Waals surface area contributed by atoms with Crippen LogP contribution < -0.4 is 10.1 Å². The smallest absolute Gasteiger partial charge is 0.245 e. The van der Waals surface area contributed by atoms with Crippen molar-refractivity contribution in [3.05, 3.63) is 60.4 Å². The van der Waals surface area contributed by atoms with E-state index in [9.17, 15) is 4.79 Å². The maximum Gasteiger partial charge on any atom is 0.245 e. The summed E-state index contributed by atoms with van der Waals surface area (Å²) in [7, 11) is 1.53. The quantitative estimate of drug-likeness (QED) is 0.391. The van der Waals surface area contributed by atoms with E-state index in [0.29, 0.717) is 6.54 Å². The monoisotopic (exact) mass is 423 g/mol. The molecule has 0 saturated carbocycles. The summed E-state index contributed by atoms with van der Waals surface area (Å²) in [4.78, 5) is 16.3. The summed E-state index contributed by atoms with van der Waals surface area (Å²) in [5.41, 5.74) is 2.26. The summed E-state index contributed by atoms with van der Waals surface area (Å²) in [6.45, 7) is 2.49. The van der Waals surface area contributed by atoms with Crippen LogP contribution in [-0.2, 0) is 22.5 Å². The summed E-state index contributed by atoms with van der Waals surface area (Å²) < 4.78 is 13.0. The number of aryl methyl sites for hydroxylation is 2. The minimum Gasteiger partial charge on any atom is -0.494 e. The van der Waals surface area contributed by atoms with Crippen molar-refractivity contribution in [3.63, 3.8) is 0 Å². The second-order valence-corrected chi connectivity index (χ2v) is 7.63. The van der Waals surface area contributed by atoms with Gasteiger partial charge in [0, 0.05) is 26.6 Å². The van der Waals surface area contributed by atoms with E-state index in [1.807, 2.05) is 36.4 Å². The van der Waals surface area contributed by atoms with Crippen molar-refractivity contribution >= 4 is 16.9 Å². The Morgan fingerprint density at radius 1 is 0.968 bits per heavy atom. The Balaban J connectivity index is 1.45. The number of aromatic nitrogens is 2. The number of imidazole rings is 1. The first-order valence-electron chi connectivity index (χ1n) is 11.2. The van der Waals surface area contributed by atoms with E-state index in [4.69, 9.17) is 14.5 Å². The molecule has 1 heterocycles. The van der Waals surface area contributed by atoms with Crippen molar-refractivity contribution in [2.75, 3.05) is 26.9 Å². The molecule has 0 aliphatic rings. The van der Waals surface area contributed by atoms with Gasteiger partial charge < -0.3 is 19.4 Å². The predicted molar refractivity (Wildman–Crippen MR) is 123 cm³/mol. The van der Waals surface area contributed by atoms with Gasteiger partial charge in [-0.1, -0.05) is 36.8 Å². The number of nitrogens with zero attached hydrogens (tertiary/aromatic N) is 2. The van der Waals surface area contributed by atoms with Gasteiger partial charge in [0.25, 0.3) is 0 Å². The molecule has 0 bridgehead atoms. The van der Waals surface area contributed by atoms with E-state index in [1.54, 1.807) is 0 Å². The second-order valence-electron chi connectivity index (χ2n) is 7.63. The molecule has 166 valence electrons. The number of methoxy groups -OCH3 is 1. The molecule has 6 heteroatoms. The first kappa shape index (κ1) is 22.8. The fourth-order valence-corrected chi connectivity index (χ4v) is 3.64. The highest BCUT2D eigenvalue weighted by molar-refractivity contribution is 5.77. The van der Waals surface area contributed by atoms with Gasteiger partial charge in [0.15, 0.2) is 0 Å². The van der Waals surface area contributed by atoms with Gasteiger partial charge >= 0.3 is 0 Å². The van der Waals surface area contributed by atoms with Gasteiger partial charge in [-0.05, 0) is 49.9 Å². The van der Waals surface area contributed by atoms with Gasteiger partial charge in [-0.2, -0.15) is 0 Å². The highest BCUT2D eigenvalue weighted by Crippen LogP contribution is 2.19. The number of nitrogens with one attached hydrogen (secondary N) is 1. The highest BCUT2D eigenvalue weighted by atomic mass is 16.5. The van der Waals surface area contributed by atoms with E-state index in [0.717, 1.165) is 68.8 Å². The van der Waals surface area contributed by atoms with Crippen LogP contribution in [0.3, 0.4) is 0 Å². The zero-order chi connectivity index (χ0) is 21.7. The maximum absolute atomic E-state index is 11.4. The summed E-state index contributed by atoms with van der Waals surface area (Å²) in [5.74, 6) is 2.02. The van der Waals surface area contributed by atoms with Crippen LogP contribution in [0.5, 0.6) is 5.75 Å². The molecular formula is C25H33N3O3. The average molecular weight is 424 g/mol. The predicted octanol–water partition coefficient (Wildman–Crippen LogP) is 4.37. The number of carbonyl (C=O) groups is 1. The number of fused-ring (bicyclic) bond motifs is 1. The van der Waals surface area contributed by atoms with Gasteiger partial charge in [-0.3, -0.25) is 4.79 Å². The Hall–Kier alpha value is -2.86. The number of rotatable bonds is 14. The third-order valence-corrected chi connectivity index (χ3v) is 5.20. The molecule has 0 unspecified atom stereocenters. The zero-order valence-corrected chi connectivity index (χ0v) is 18.4. The van der Waals surface area contributed by atoms with Crippen molar-refractivity contribution in [2.24, 2.45) is 0 Å². The largest absolute Gasteiger partial charge is 0.494 e. The fourth-order valence-electron chi connectivity index (χ4n) is 3.64. The van der Waals surface area contributed by atoms with Gasteiger partial charge in [0.05, 0.1) is 17.6 Å². The topological polar surface area (TPSA) is 65.4 Å². The third kappa shape index (κ3) is 7.40. The molecule has 31 heavy (non-hydrogen) atoms. The average Bonchev–Trinajstić information content (AvgIpc) is 3.14. The van der Waals surface area contributed by atoms with Crippen molar-refractivity contribution in [3.8, 4) is 5.75 Å². The first-order chi connectivity index (χ1) is 15.3. The van der Waals surface area contributed by atoms with Crippen molar-refractivity contribution < 1.29 is 14.3 Å².